The van der Waals surface area contributed by atoms with Gasteiger partial charge in [0.05, 0.1) is 16.8 Å². The maximum absolute atomic E-state index is 12.8. The highest BCUT2D eigenvalue weighted by Gasteiger charge is 2.37. The van der Waals surface area contributed by atoms with Gasteiger partial charge in [-0.25, -0.2) is 4.98 Å². The fourth-order valence-electron chi connectivity index (χ4n) is 1.66. The van der Waals surface area contributed by atoms with Crippen LogP contribution in [0.2, 0.25) is 0 Å². The Morgan fingerprint density at radius 1 is 0.957 bits per heavy atom. The molecule has 11 heteroatoms. The molecular weight excluding hydrogens is 346 g/mol. The van der Waals surface area contributed by atoms with Crippen molar-refractivity contribution in [1.29, 1.82) is 0 Å². The second-order valence-electron chi connectivity index (χ2n) is 4.35. The van der Waals surface area contributed by atoms with Crippen LogP contribution in [0.3, 0.4) is 0 Å². The standard InChI is InChI=1S/C12H8F6N4S/c13-11(14,15)6-1-5(2-7(3-6)12(16,17)18)8-4-23-10(21-8)22-9(19)20/h1-4H,(H4,19,20,21,22). The fourth-order valence-corrected chi connectivity index (χ4v) is 2.38. The summed E-state index contributed by atoms with van der Waals surface area (Å²) in [4.78, 5) is 7.39. The van der Waals surface area contributed by atoms with Crippen LogP contribution in [0.1, 0.15) is 11.1 Å². The molecule has 0 radical (unpaired) electrons. The number of halogens is 6. The second-order valence-corrected chi connectivity index (χ2v) is 5.18. The van der Waals surface area contributed by atoms with Gasteiger partial charge in [0.1, 0.15) is 0 Å². The van der Waals surface area contributed by atoms with E-state index in [1.807, 2.05) is 0 Å². The maximum atomic E-state index is 12.8. The molecule has 4 nitrogen and oxygen atoms in total. The molecule has 2 aromatic rings. The molecule has 0 aliphatic heterocycles. The van der Waals surface area contributed by atoms with E-state index in [-0.39, 0.29) is 28.4 Å². The van der Waals surface area contributed by atoms with Gasteiger partial charge in [0.15, 0.2) is 5.96 Å². The Morgan fingerprint density at radius 2 is 1.48 bits per heavy atom. The van der Waals surface area contributed by atoms with Gasteiger partial charge in [-0.15, -0.1) is 11.3 Å². The van der Waals surface area contributed by atoms with E-state index in [4.69, 9.17) is 11.5 Å². The van der Waals surface area contributed by atoms with E-state index in [9.17, 15) is 26.3 Å². The lowest BCUT2D eigenvalue weighted by molar-refractivity contribution is -0.143. The first-order valence-corrected chi connectivity index (χ1v) is 6.70. The molecule has 23 heavy (non-hydrogen) atoms. The van der Waals surface area contributed by atoms with Crippen molar-refractivity contribution < 1.29 is 26.3 Å². The third-order valence-corrected chi connectivity index (χ3v) is 3.33. The summed E-state index contributed by atoms with van der Waals surface area (Å²) in [5.41, 5.74) is 7.00. The van der Waals surface area contributed by atoms with Crippen molar-refractivity contribution in [3.05, 3.63) is 34.7 Å². The van der Waals surface area contributed by atoms with Gasteiger partial charge < -0.3 is 11.5 Å². The zero-order valence-electron chi connectivity index (χ0n) is 11.0. The van der Waals surface area contributed by atoms with Gasteiger partial charge in [-0.1, -0.05) is 0 Å². The number of hydrogen-bond donors (Lipinski definition) is 2. The van der Waals surface area contributed by atoms with Crippen LogP contribution in [0, 0.1) is 0 Å². The van der Waals surface area contributed by atoms with Crippen LogP contribution < -0.4 is 11.5 Å². The van der Waals surface area contributed by atoms with Crippen molar-refractivity contribution >= 4 is 22.4 Å². The van der Waals surface area contributed by atoms with Gasteiger partial charge in [-0.05, 0) is 18.2 Å². The first-order chi connectivity index (χ1) is 10.5. The van der Waals surface area contributed by atoms with Crippen molar-refractivity contribution in [1.82, 2.24) is 4.98 Å². The van der Waals surface area contributed by atoms with E-state index in [0.29, 0.717) is 12.1 Å². The lowest BCUT2D eigenvalue weighted by atomic mass is 10.0. The Labute approximate surface area is 129 Å². The number of guanidine groups is 1. The number of benzene rings is 1. The molecule has 0 bridgehead atoms. The van der Waals surface area contributed by atoms with E-state index in [2.05, 4.69) is 9.98 Å². The van der Waals surface area contributed by atoms with Crippen molar-refractivity contribution in [3.63, 3.8) is 0 Å². The minimum Gasteiger partial charge on any atom is -0.370 e. The molecule has 2 rings (SSSR count). The van der Waals surface area contributed by atoms with Gasteiger partial charge in [0.25, 0.3) is 0 Å². The Morgan fingerprint density at radius 3 is 1.91 bits per heavy atom. The number of aromatic nitrogens is 1. The predicted molar refractivity (Wildman–Crippen MR) is 73.0 cm³/mol. The van der Waals surface area contributed by atoms with Crippen LogP contribution >= 0.6 is 11.3 Å². The predicted octanol–water partition coefficient (Wildman–Crippen LogP) is 3.75. The van der Waals surface area contributed by atoms with E-state index in [1.54, 1.807) is 0 Å². The van der Waals surface area contributed by atoms with Crippen LogP contribution in [0.5, 0.6) is 0 Å². The average Bonchev–Trinajstić information content (AvgIpc) is 2.83. The normalized spacial score (nSPS) is 12.3. The summed E-state index contributed by atoms with van der Waals surface area (Å²) in [5, 5.41) is 1.28. The van der Waals surface area contributed by atoms with Crippen molar-refractivity contribution in [2.24, 2.45) is 16.5 Å². The van der Waals surface area contributed by atoms with Crippen molar-refractivity contribution in [2.45, 2.75) is 12.4 Å². The van der Waals surface area contributed by atoms with Gasteiger partial charge in [-0.3, -0.25) is 0 Å². The largest absolute Gasteiger partial charge is 0.416 e. The van der Waals surface area contributed by atoms with Gasteiger partial charge in [0.2, 0.25) is 5.13 Å². The highest BCUT2D eigenvalue weighted by atomic mass is 32.1. The average molecular weight is 354 g/mol. The quantitative estimate of drug-likeness (QED) is 0.490. The number of nitrogens with zero attached hydrogens (tertiary/aromatic N) is 2. The highest BCUT2D eigenvalue weighted by Crippen LogP contribution is 2.39. The smallest absolute Gasteiger partial charge is 0.370 e. The summed E-state index contributed by atoms with van der Waals surface area (Å²) in [5.74, 6) is -0.328. The molecule has 0 fully saturated rings. The first kappa shape index (κ1) is 17.1. The minimum atomic E-state index is -4.92. The van der Waals surface area contributed by atoms with Crippen LogP contribution in [0.4, 0.5) is 31.5 Å². The molecule has 0 aliphatic rings. The summed E-state index contributed by atoms with van der Waals surface area (Å²) < 4.78 is 76.7. The Hall–Kier alpha value is -2.30. The van der Waals surface area contributed by atoms with E-state index in [1.165, 1.54) is 5.38 Å². The number of rotatable bonds is 2. The highest BCUT2D eigenvalue weighted by molar-refractivity contribution is 7.13. The molecule has 124 valence electrons. The Kier molecular flexibility index (Phi) is 4.24. The monoisotopic (exact) mass is 354 g/mol. The Bertz CT molecular complexity index is 710. The summed E-state index contributed by atoms with van der Waals surface area (Å²) in [6.45, 7) is 0. The van der Waals surface area contributed by atoms with Crippen LogP contribution in [-0.4, -0.2) is 10.9 Å². The SMILES string of the molecule is NC(N)=Nc1nc(-c2cc(C(F)(F)F)cc(C(F)(F)F)c2)cs1. The summed E-state index contributed by atoms with van der Waals surface area (Å²) in [7, 11) is 0. The van der Waals surface area contributed by atoms with Gasteiger partial charge >= 0.3 is 12.4 Å². The molecule has 0 atom stereocenters. The van der Waals surface area contributed by atoms with Crippen molar-refractivity contribution in [2.75, 3.05) is 0 Å². The molecule has 0 unspecified atom stereocenters. The maximum Gasteiger partial charge on any atom is 0.416 e. The fraction of sp³-hybridized carbons (Fsp3) is 0.167. The van der Waals surface area contributed by atoms with Crippen LogP contribution in [0.15, 0.2) is 28.6 Å². The molecule has 0 saturated heterocycles. The topological polar surface area (TPSA) is 77.3 Å². The molecule has 0 saturated carbocycles. The number of alkyl halides is 6. The lowest BCUT2D eigenvalue weighted by Gasteiger charge is -2.13. The minimum absolute atomic E-state index is 0.0194. The molecule has 0 spiro atoms. The number of thiazole rings is 1. The van der Waals surface area contributed by atoms with Gasteiger partial charge in [-0.2, -0.15) is 31.3 Å². The van der Waals surface area contributed by atoms with Gasteiger partial charge in [0, 0.05) is 10.9 Å². The number of hydrogen-bond acceptors (Lipinski definition) is 3. The number of aliphatic imine (C=N–C) groups is 1. The van der Waals surface area contributed by atoms with Crippen LogP contribution in [0.25, 0.3) is 11.3 Å². The molecule has 1 aromatic carbocycles. The molecule has 0 aliphatic carbocycles. The zero-order chi connectivity index (χ0) is 17.4. The third kappa shape index (κ3) is 4.12. The molecule has 1 heterocycles. The van der Waals surface area contributed by atoms with E-state index in [0.717, 1.165) is 11.3 Å². The van der Waals surface area contributed by atoms with Crippen LogP contribution in [-0.2, 0) is 12.4 Å². The second kappa shape index (κ2) is 5.72. The number of nitrogens with two attached hydrogens (primary N) is 2. The lowest BCUT2D eigenvalue weighted by Crippen LogP contribution is -2.21. The third-order valence-electron chi connectivity index (χ3n) is 2.60. The summed E-state index contributed by atoms with van der Waals surface area (Å²) >= 11 is 0.878. The molecule has 4 N–H and O–H groups in total. The molecule has 1 aromatic heterocycles. The molecular formula is C12H8F6N4S. The van der Waals surface area contributed by atoms with E-state index >= 15 is 0 Å². The zero-order valence-corrected chi connectivity index (χ0v) is 11.9. The van der Waals surface area contributed by atoms with E-state index < -0.39 is 23.5 Å². The first-order valence-electron chi connectivity index (χ1n) is 5.82. The van der Waals surface area contributed by atoms with Crippen molar-refractivity contribution in [3.8, 4) is 11.3 Å². The summed E-state index contributed by atoms with van der Waals surface area (Å²) in [6.07, 6.45) is -9.84. The molecule has 0 amide bonds. The summed E-state index contributed by atoms with van der Waals surface area (Å²) in [6, 6.07) is 1.22. The Balaban J connectivity index is 2.57.